The lowest BCUT2D eigenvalue weighted by atomic mass is 10.3. The van der Waals surface area contributed by atoms with Crippen LogP contribution in [0.2, 0.25) is 0 Å². The Kier molecular flexibility index (Phi) is 10.0. The molecule has 82 valence electrons. The van der Waals surface area contributed by atoms with Crippen molar-refractivity contribution in [3.05, 3.63) is 25.3 Å². The number of nitrogens with zero attached hydrogens (tertiary/aromatic N) is 1. The van der Waals surface area contributed by atoms with Gasteiger partial charge in [0.15, 0.2) is 0 Å². The van der Waals surface area contributed by atoms with Crippen molar-refractivity contribution >= 4 is 0 Å². The van der Waals surface area contributed by atoms with Crippen LogP contribution < -0.4 is 5.32 Å². The smallest absolute Gasteiger partial charge is 0.0161 e. The van der Waals surface area contributed by atoms with E-state index in [1.807, 2.05) is 12.2 Å². The molecule has 0 saturated heterocycles. The molecule has 0 heterocycles. The van der Waals surface area contributed by atoms with Gasteiger partial charge in [-0.05, 0) is 13.0 Å². The maximum atomic E-state index is 3.77. The van der Waals surface area contributed by atoms with Gasteiger partial charge in [0, 0.05) is 26.2 Å². The van der Waals surface area contributed by atoms with Crippen molar-refractivity contribution in [2.24, 2.45) is 0 Å². The van der Waals surface area contributed by atoms with Crippen molar-refractivity contribution in [3.63, 3.8) is 0 Å². The highest BCUT2D eigenvalue weighted by Gasteiger charge is 2.00. The van der Waals surface area contributed by atoms with E-state index in [0.717, 1.165) is 26.2 Å². The number of hydrogen-bond donors (Lipinski definition) is 1. The van der Waals surface area contributed by atoms with Crippen LogP contribution in [0.25, 0.3) is 0 Å². The van der Waals surface area contributed by atoms with Gasteiger partial charge in [-0.25, -0.2) is 0 Å². The van der Waals surface area contributed by atoms with Crippen LogP contribution in [0.5, 0.6) is 0 Å². The van der Waals surface area contributed by atoms with E-state index < -0.39 is 0 Å². The van der Waals surface area contributed by atoms with Gasteiger partial charge in [-0.15, -0.1) is 13.2 Å². The van der Waals surface area contributed by atoms with Crippen molar-refractivity contribution < 1.29 is 0 Å². The topological polar surface area (TPSA) is 15.3 Å². The van der Waals surface area contributed by atoms with Crippen molar-refractivity contribution in [1.29, 1.82) is 0 Å². The Morgan fingerprint density at radius 3 is 2.57 bits per heavy atom. The van der Waals surface area contributed by atoms with Crippen LogP contribution in [0.15, 0.2) is 25.3 Å². The first-order valence-corrected chi connectivity index (χ1v) is 5.50. The lowest BCUT2D eigenvalue weighted by Gasteiger charge is -2.20. The minimum atomic E-state index is 0.899. The van der Waals surface area contributed by atoms with Crippen LogP contribution in [0.4, 0.5) is 0 Å². The molecule has 0 aliphatic heterocycles. The molecule has 14 heavy (non-hydrogen) atoms. The Balaban J connectivity index is 3.49. The first-order valence-electron chi connectivity index (χ1n) is 5.50. The molecule has 0 fully saturated rings. The Morgan fingerprint density at radius 1 is 1.21 bits per heavy atom. The second-order valence-electron chi connectivity index (χ2n) is 3.44. The van der Waals surface area contributed by atoms with Gasteiger partial charge in [0.25, 0.3) is 0 Å². The molecule has 0 spiro atoms. The fourth-order valence-corrected chi connectivity index (χ4v) is 1.30. The Labute approximate surface area is 88.7 Å². The molecule has 0 aromatic heterocycles. The lowest BCUT2D eigenvalue weighted by Crippen LogP contribution is -2.33. The second kappa shape index (κ2) is 10.5. The zero-order valence-corrected chi connectivity index (χ0v) is 9.47. The van der Waals surface area contributed by atoms with Crippen LogP contribution in [0.1, 0.15) is 19.8 Å². The highest BCUT2D eigenvalue weighted by atomic mass is 15.1. The predicted octanol–water partition coefficient (Wildman–Crippen LogP) is 2.05. The lowest BCUT2D eigenvalue weighted by molar-refractivity contribution is 0.298. The molecule has 0 rings (SSSR count). The molecule has 2 heteroatoms. The van der Waals surface area contributed by atoms with Gasteiger partial charge < -0.3 is 5.32 Å². The molecule has 0 unspecified atom stereocenters. The van der Waals surface area contributed by atoms with E-state index in [2.05, 4.69) is 30.3 Å². The Morgan fingerprint density at radius 2 is 2.00 bits per heavy atom. The zero-order chi connectivity index (χ0) is 10.6. The normalized spacial score (nSPS) is 10.4. The maximum absolute atomic E-state index is 3.77. The number of nitrogens with one attached hydrogen (secondary N) is 1. The van der Waals surface area contributed by atoms with E-state index in [0.29, 0.717) is 0 Å². The van der Waals surface area contributed by atoms with Crippen LogP contribution >= 0.6 is 0 Å². The van der Waals surface area contributed by atoms with Crippen LogP contribution in [-0.4, -0.2) is 37.6 Å². The molecule has 1 N–H and O–H groups in total. The first kappa shape index (κ1) is 13.4. The van der Waals surface area contributed by atoms with Crippen LogP contribution in [-0.2, 0) is 0 Å². The summed E-state index contributed by atoms with van der Waals surface area (Å²) in [5, 5.41) is 3.31. The molecule has 0 bridgehead atoms. The predicted molar refractivity (Wildman–Crippen MR) is 64.6 cm³/mol. The molecule has 0 aliphatic rings. The Hall–Kier alpha value is -0.600. The Bertz CT molecular complexity index is 143. The molecule has 0 saturated carbocycles. The van der Waals surface area contributed by atoms with E-state index in [9.17, 15) is 0 Å². The van der Waals surface area contributed by atoms with Gasteiger partial charge in [0.05, 0.1) is 0 Å². The third-order valence-corrected chi connectivity index (χ3v) is 2.11. The van der Waals surface area contributed by atoms with E-state index >= 15 is 0 Å². The average Bonchev–Trinajstić information content (AvgIpc) is 2.20. The third-order valence-electron chi connectivity index (χ3n) is 2.11. The zero-order valence-electron chi connectivity index (χ0n) is 9.47. The molecule has 0 aromatic rings. The molecule has 0 aromatic carbocycles. The summed E-state index contributed by atoms with van der Waals surface area (Å²) in [7, 11) is 0. The first-order chi connectivity index (χ1) is 6.85. The summed E-state index contributed by atoms with van der Waals surface area (Å²) in [6.45, 7) is 14.9. The standard InChI is InChI=1S/C12H24N2/c1-4-7-11-14(10-6-3)12-9-13-8-5-2/h5-6,13H,2-4,7-12H2,1H3. The van der Waals surface area contributed by atoms with Crippen molar-refractivity contribution in [2.45, 2.75) is 19.8 Å². The van der Waals surface area contributed by atoms with E-state index in [1.54, 1.807) is 0 Å². The minimum absolute atomic E-state index is 0.899. The molecule has 0 amide bonds. The summed E-state index contributed by atoms with van der Waals surface area (Å²) >= 11 is 0. The number of hydrogen-bond acceptors (Lipinski definition) is 2. The van der Waals surface area contributed by atoms with E-state index in [-0.39, 0.29) is 0 Å². The quantitative estimate of drug-likeness (QED) is 0.425. The highest BCUT2D eigenvalue weighted by Crippen LogP contribution is 1.94. The van der Waals surface area contributed by atoms with Gasteiger partial charge >= 0.3 is 0 Å². The molecule has 0 aliphatic carbocycles. The van der Waals surface area contributed by atoms with Crippen LogP contribution in [0, 0.1) is 0 Å². The molecular formula is C12H24N2. The van der Waals surface area contributed by atoms with Crippen molar-refractivity contribution in [3.8, 4) is 0 Å². The van der Waals surface area contributed by atoms with Gasteiger partial charge in [-0.1, -0.05) is 25.5 Å². The summed E-state index contributed by atoms with van der Waals surface area (Å²) in [6.07, 6.45) is 6.40. The third kappa shape index (κ3) is 8.02. The van der Waals surface area contributed by atoms with Gasteiger partial charge in [-0.2, -0.15) is 0 Å². The molecule has 0 atom stereocenters. The summed E-state index contributed by atoms with van der Waals surface area (Å²) < 4.78 is 0. The minimum Gasteiger partial charge on any atom is -0.312 e. The largest absolute Gasteiger partial charge is 0.312 e. The van der Waals surface area contributed by atoms with Gasteiger partial charge in [0.2, 0.25) is 0 Å². The maximum Gasteiger partial charge on any atom is 0.0161 e. The van der Waals surface area contributed by atoms with Crippen molar-refractivity contribution in [1.82, 2.24) is 10.2 Å². The SMILES string of the molecule is C=CCNCCN(CC=C)CCCC. The monoisotopic (exact) mass is 196 g/mol. The summed E-state index contributed by atoms with van der Waals surface area (Å²) in [4.78, 5) is 2.42. The molecule has 0 radical (unpaired) electrons. The highest BCUT2D eigenvalue weighted by molar-refractivity contribution is 4.75. The van der Waals surface area contributed by atoms with Crippen LogP contribution in [0.3, 0.4) is 0 Å². The van der Waals surface area contributed by atoms with E-state index in [1.165, 1.54) is 19.4 Å². The number of unbranched alkanes of at least 4 members (excludes halogenated alkanes) is 1. The summed E-state index contributed by atoms with van der Waals surface area (Å²) in [6, 6.07) is 0. The fourth-order valence-electron chi connectivity index (χ4n) is 1.30. The average molecular weight is 196 g/mol. The second-order valence-corrected chi connectivity index (χ2v) is 3.44. The molecular weight excluding hydrogens is 172 g/mol. The van der Waals surface area contributed by atoms with Gasteiger partial charge in [0.1, 0.15) is 0 Å². The fraction of sp³-hybridized carbons (Fsp3) is 0.667. The molecule has 2 nitrogen and oxygen atoms in total. The van der Waals surface area contributed by atoms with Gasteiger partial charge in [-0.3, -0.25) is 4.90 Å². The van der Waals surface area contributed by atoms with Crippen molar-refractivity contribution in [2.75, 3.05) is 32.7 Å². The summed E-state index contributed by atoms with van der Waals surface area (Å²) in [5.41, 5.74) is 0. The number of rotatable bonds is 10. The summed E-state index contributed by atoms with van der Waals surface area (Å²) in [5.74, 6) is 0. The van der Waals surface area contributed by atoms with E-state index in [4.69, 9.17) is 0 Å².